The second kappa shape index (κ2) is 5.58. The van der Waals surface area contributed by atoms with Crippen molar-refractivity contribution in [3.05, 3.63) is 58.1 Å². The summed E-state index contributed by atoms with van der Waals surface area (Å²) >= 11 is 3.36. The lowest BCUT2D eigenvalue weighted by Gasteiger charge is -2.13. The standard InChI is InChI=1S/C18H14BrNO2/c1-22-17(21)18(8-9-18)15-5-2-12(3-6-15)13-4-7-16(19)14(10-13)11-20/h2-7,10H,8-9H2,1H3. The molecule has 0 unspecified atom stereocenters. The fourth-order valence-electron chi connectivity index (χ4n) is 2.70. The molecule has 22 heavy (non-hydrogen) atoms. The van der Waals surface area contributed by atoms with Crippen LogP contribution in [0.5, 0.6) is 0 Å². The van der Waals surface area contributed by atoms with E-state index in [1.54, 1.807) is 0 Å². The molecular weight excluding hydrogens is 342 g/mol. The number of methoxy groups -OCH3 is 1. The average molecular weight is 356 g/mol. The van der Waals surface area contributed by atoms with Gasteiger partial charge in [-0.05, 0) is 57.6 Å². The summed E-state index contributed by atoms with van der Waals surface area (Å²) in [5.74, 6) is -0.157. The second-order valence-corrected chi connectivity index (χ2v) is 6.31. The normalized spacial score (nSPS) is 15.0. The van der Waals surface area contributed by atoms with E-state index in [0.717, 1.165) is 34.0 Å². The van der Waals surface area contributed by atoms with E-state index in [0.29, 0.717) is 5.56 Å². The topological polar surface area (TPSA) is 50.1 Å². The zero-order chi connectivity index (χ0) is 15.7. The summed E-state index contributed by atoms with van der Waals surface area (Å²) in [7, 11) is 1.43. The molecule has 0 amide bonds. The van der Waals surface area contributed by atoms with Gasteiger partial charge < -0.3 is 4.74 Å². The quantitative estimate of drug-likeness (QED) is 0.775. The minimum Gasteiger partial charge on any atom is -0.468 e. The third-order valence-corrected chi connectivity index (χ3v) is 4.88. The van der Waals surface area contributed by atoms with Crippen LogP contribution in [-0.4, -0.2) is 13.1 Å². The number of esters is 1. The highest BCUT2D eigenvalue weighted by Crippen LogP contribution is 2.49. The summed E-state index contributed by atoms with van der Waals surface area (Å²) < 4.78 is 5.70. The van der Waals surface area contributed by atoms with E-state index in [9.17, 15) is 4.79 Å². The number of nitriles is 1. The smallest absolute Gasteiger partial charge is 0.316 e. The van der Waals surface area contributed by atoms with Crippen molar-refractivity contribution in [1.29, 1.82) is 5.26 Å². The minimum absolute atomic E-state index is 0.157. The van der Waals surface area contributed by atoms with Crippen LogP contribution in [-0.2, 0) is 14.9 Å². The lowest BCUT2D eigenvalue weighted by molar-refractivity contribution is -0.143. The minimum atomic E-state index is -0.440. The molecule has 2 aromatic carbocycles. The highest BCUT2D eigenvalue weighted by Gasteiger charge is 2.52. The van der Waals surface area contributed by atoms with E-state index in [-0.39, 0.29) is 5.97 Å². The van der Waals surface area contributed by atoms with E-state index in [2.05, 4.69) is 22.0 Å². The number of halogens is 1. The van der Waals surface area contributed by atoms with E-state index in [4.69, 9.17) is 10.00 Å². The zero-order valence-corrected chi connectivity index (χ0v) is 13.7. The lowest BCUT2D eigenvalue weighted by Crippen LogP contribution is -2.21. The van der Waals surface area contributed by atoms with Crippen molar-refractivity contribution in [2.45, 2.75) is 18.3 Å². The summed E-state index contributed by atoms with van der Waals surface area (Å²) in [4.78, 5) is 11.9. The van der Waals surface area contributed by atoms with Crippen LogP contribution in [0.1, 0.15) is 24.0 Å². The number of carbonyl (C=O) groups is 1. The molecule has 0 aromatic heterocycles. The number of hydrogen-bond acceptors (Lipinski definition) is 3. The highest BCUT2D eigenvalue weighted by atomic mass is 79.9. The van der Waals surface area contributed by atoms with Crippen LogP contribution in [0.25, 0.3) is 11.1 Å². The van der Waals surface area contributed by atoms with E-state index >= 15 is 0 Å². The third-order valence-electron chi connectivity index (χ3n) is 4.18. The number of rotatable bonds is 3. The maximum atomic E-state index is 11.9. The second-order valence-electron chi connectivity index (χ2n) is 5.46. The number of hydrogen-bond donors (Lipinski definition) is 0. The van der Waals surface area contributed by atoms with Crippen molar-refractivity contribution in [2.75, 3.05) is 7.11 Å². The molecule has 110 valence electrons. The van der Waals surface area contributed by atoms with Crippen molar-refractivity contribution in [1.82, 2.24) is 0 Å². The van der Waals surface area contributed by atoms with Crippen LogP contribution in [0.3, 0.4) is 0 Å². The molecule has 1 saturated carbocycles. The maximum absolute atomic E-state index is 11.9. The first-order valence-electron chi connectivity index (χ1n) is 7.00. The van der Waals surface area contributed by atoms with Crippen LogP contribution in [0.2, 0.25) is 0 Å². The number of nitrogens with zero attached hydrogens (tertiary/aromatic N) is 1. The third kappa shape index (κ3) is 2.42. The number of benzene rings is 2. The largest absolute Gasteiger partial charge is 0.468 e. The van der Waals surface area contributed by atoms with Crippen molar-refractivity contribution in [3.8, 4) is 17.2 Å². The van der Waals surface area contributed by atoms with Gasteiger partial charge in [0.05, 0.1) is 18.1 Å². The van der Waals surface area contributed by atoms with Gasteiger partial charge in [0.2, 0.25) is 0 Å². The van der Waals surface area contributed by atoms with Gasteiger partial charge in [0.15, 0.2) is 0 Å². The first-order chi connectivity index (χ1) is 10.6. The fourth-order valence-corrected chi connectivity index (χ4v) is 3.04. The van der Waals surface area contributed by atoms with Crippen LogP contribution >= 0.6 is 15.9 Å². The molecule has 0 heterocycles. The summed E-state index contributed by atoms with van der Waals surface area (Å²) in [5, 5.41) is 9.11. The van der Waals surface area contributed by atoms with Crippen LogP contribution in [0.15, 0.2) is 46.9 Å². The van der Waals surface area contributed by atoms with E-state index in [1.807, 2.05) is 42.5 Å². The van der Waals surface area contributed by atoms with E-state index < -0.39 is 5.41 Å². The van der Waals surface area contributed by atoms with Gasteiger partial charge in [-0.2, -0.15) is 5.26 Å². The Morgan fingerprint density at radius 1 is 1.18 bits per heavy atom. The highest BCUT2D eigenvalue weighted by molar-refractivity contribution is 9.10. The molecule has 0 radical (unpaired) electrons. The van der Waals surface area contributed by atoms with Gasteiger partial charge in [-0.1, -0.05) is 30.3 Å². The summed E-state index contributed by atoms with van der Waals surface area (Å²) in [6.07, 6.45) is 1.69. The molecule has 1 fully saturated rings. The Kier molecular flexibility index (Phi) is 3.76. The number of ether oxygens (including phenoxy) is 1. The fraction of sp³-hybridized carbons (Fsp3) is 0.222. The maximum Gasteiger partial charge on any atom is 0.316 e. The Labute approximate surface area is 137 Å². The molecule has 1 aliphatic carbocycles. The molecule has 0 spiro atoms. The Balaban J connectivity index is 1.93. The summed E-state index contributed by atoms with van der Waals surface area (Å²) in [6.45, 7) is 0. The van der Waals surface area contributed by atoms with Gasteiger partial charge in [0, 0.05) is 4.47 Å². The monoisotopic (exact) mass is 355 g/mol. The SMILES string of the molecule is COC(=O)C1(c2ccc(-c3ccc(Br)c(C#N)c3)cc2)CC1. The van der Waals surface area contributed by atoms with Crippen molar-refractivity contribution >= 4 is 21.9 Å². The Morgan fingerprint density at radius 3 is 2.36 bits per heavy atom. The van der Waals surface area contributed by atoms with Gasteiger partial charge in [-0.25, -0.2) is 0 Å². The van der Waals surface area contributed by atoms with Crippen LogP contribution < -0.4 is 0 Å². The van der Waals surface area contributed by atoms with Crippen molar-refractivity contribution in [3.63, 3.8) is 0 Å². The Morgan fingerprint density at radius 2 is 1.82 bits per heavy atom. The molecule has 0 bridgehead atoms. The molecular formula is C18H14BrNO2. The zero-order valence-electron chi connectivity index (χ0n) is 12.1. The van der Waals surface area contributed by atoms with Crippen molar-refractivity contribution < 1.29 is 9.53 Å². The number of carbonyl (C=O) groups excluding carboxylic acids is 1. The van der Waals surface area contributed by atoms with Gasteiger partial charge in [-0.3, -0.25) is 4.79 Å². The Bertz CT molecular complexity index is 771. The molecule has 3 nitrogen and oxygen atoms in total. The molecule has 4 heteroatoms. The summed E-state index contributed by atoms with van der Waals surface area (Å²) in [6, 6.07) is 15.8. The predicted octanol–water partition coefficient (Wildman–Crippen LogP) is 4.19. The first kappa shape index (κ1) is 14.8. The summed E-state index contributed by atoms with van der Waals surface area (Å²) in [5.41, 5.74) is 3.17. The van der Waals surface area contributed by atoms with Gasteiger partial charge >= 0.3 is 5.97 Å². The molecule has 0 aliphatic heterocycles. The Hall–Kier alpha value is -2.12. The molecule has 2 aromatic rings. The first-order valence-corrected chi connectivity index (χ1v) is 7.79. The van der Waals surface area contributed by atoms with Gasteiger partial charge in [-0.15, -0.1) is 0 Å². The van der Waals surface area contributed by atoms with Gasteiger partial charge in [0.25, 0.3) is 0 Å². The predicted molar refractivity (Wildman–Crippen MR) is 87.2 cm³/mol. The van der Waals surface area contributed by atoms with Crippen molar-refractivity contribution in [2.24, 2.45) is 0 Å². The molecule has 0 N–H and O–H groups in total. The van der Waals surface area contributed by atoms with E-state index in [1.165, 1.54) is 7.11 Å². The molecule has 0 atom stereocenters. The average Bonchev–Trinajstić information content (AvgIpc) is 3.36. The molecule has 0 saturated heterocycles. The lowest BCUT2D eigenvalue weighted by atomic mass is 9.93. The molecule has 3 rings (SSSR count). The van der Waals surface area contributed by atoms with Gasteiger partial charge in [0.1, 0.15) is 6.07 Å². The van der Waals surface area contributed by atoms with Crippen LogP contribution in [0, 0.1) is 11.3 Å². The molecule has 1 aliphatic rings. The van der Waals surface area contributed by atoms with Crippen LogP contribution in [0.4, 0.5) is 0 Å².